The first-order valence-electron chi connectivity index (χ1n) is 9.80. The fourth-order valence-electron chi connectivity index (χ4n) is 3.55. The Kier molecular flexibility index (Phi) is 5.61. The van der Waals surface area contributed by atoms with E-state index in [2.05, 4.69) is 33.8 Å². The number of aliphatic imine (C=N–C) groups is 1. The second-order valence-corrected chi connectivity index (χ2v) is 7.11. The molecule has 6 nitrogen and oxygen atoms in total. The second kappa shape index (κ2) is 8.65. The van der Waals surface area contributed by atoms with Gasteiger partial charge in [-0.2, -0.15) is 0 Å². The maximum atomic E-state index is 12.0. The number of fused-ring (bicyclic) bond motifs is 1. The van der Waals surface area contributed by atoms with Crippen molar-refractivity contribution >= 4 is 23.2 Å². The van der Waals surface area contributed by atoms with Crippen molar-refractivity contribution in [3.63, 3.8) is 0 Å². The number of nitrogens with zero attached hydrogens (tertiary/aromatic N) is 1. The minimum absolute atomic E-state index is 0.277. The standard InChI is InChI=1S/C23H24N4O2/c24-23(27-20-8-3-6-17-5-1-2-7-19(17)20)25-15-16-10-12-18(13-11-16)26-22(28)21-9-4-14-29-21/h3-4,6,8-14H,1-2,5,7,15H2,(H,26,28)(H3,24,25,27). The van der Waals surface area contributed by atoms with E-state index in [4.69, 9.17) is 10.2 Å². The lowest BCUT2D eigenvalue weighted by molar-refractivity contribution is 0.0996. The van der Waals surface area contributed by atoms with Crippen molar-refractivity contribution in [3.05, 3.63) is 83.3 Å². The van der Waals surface area contributed by atoms with Crippen molar-refractivity contribution in [1.82, 2.24) is 0 Å². The van der Waals surface area contributed by atoms with Crippen molar-refractivity contribution in [3.8, 4) is 0 Å². The van der Waals surface area contributed by atoms with Crippen molar-refractivity contribution in [2.24, 2.45) is 10.7 Å². The molecule has 0 bridgehead atoms. The molecule has 1 aromatic heterocycles. The van der Waals surface area contributed by atoms with Crippen molar-refractivity contribution in [2.45, 2.75) is 32.2 Å². The predicted molar refractivity (Wildman–Crippen MR) is 115 cm³/mol. The molecule has 1 heterocycles. The largest absolute Gasteiger partial charge is 0.459 e. The van der Waals surface area contributed by atoms with Crippen LogP contribution in [0.25, 0.3) is 0 Å². The van der Waals surface area contributed by atoms with Crippen LogP contribution in [0.1, 0.15) is 40.1 Å². The summed E-state index contributed by atoms with van der Waals surface area (Å²) in [6, 6.07) is 17.1. The summed E-state index contributed by atoms with van der Waals surface area (Å²) in [5, 5.41) is 6.05. The highest BCUT2D eigenvalue weighted by molar-refractivity contribution is 6.02. The van der Waals surface area contributed by atoms with E-state index in [1.165, 1.54) is 30.2 Å². The van der Waals surface area contributed by atoms with Gasteiger partial charge in [0.25, 0.3) is 5.91 Å². The lowest BCUT2D eigenvalue weighted by Crippen LogP contribution is -2.24. The maximum Gasteiger partial charge on any atom is 0.291 e. The molecule has 2 aromatic carbocycles. The van der Waals surface area contributed by atoms with Gasteiger partial charge in [0, 0.05) is 11.4 Å². The average molecular weight is 388 g/mol. The summed E-state index contributed by atoms with van der Waals surface area (Å²) in [5.41, 5.74) is 11.6. The maximum absolute atomic E-state index is 12.0. The summed E-state index contributed by atoms with van der Waals surface area (Å²) in [6.07, 6.45) is 6.14. The molecule has 1 aliphatic carbocycles. The van der Waals surface area contributed by atoms with Crippen LogP contribution in [-0.2, 0) is 19.4 Å². The van der Waals surface area contributed by atoms with E-state index in [1.807, 2.05) is 24.3 Å². The van der Waals surface area contributed by atoms with Gasteiger partial charge in [-0.25, -0.2) is 4.99 Å². The van der Waals surface area contributed by atoms with Crippen LogP contribution in [0.4, 0.5) is 11.4 Å². The SMILES string of the molecule is NC(=NCc1ccc(NC(=O)c2ccco2)cc1)Nc1cccc2c1CCCC2. The van der Waals surface area contributed by atoms with Crippen LogP contribution < -0.4 is 16.4 Å². The summed E-state index contributed by atoms with van der Waals surface area (Å²) in [5.74, 6) is 0.403. The van der Waals surface area contributed by atoms with Gasteiger partial charge in [-0.1, -0.05) is 24.3 Å². The number of nitrogens with two attached hydrogens (primary N) is 1. The van der Waals surface area contributed by atoms with Gasteiger partial charge in [0.2, 0.25) is 0 Å². The van der Waals surface area contributed by atoms with Crippen LogP contribution in [0.3, 0.4) is 0 Å². The van der Waals surface area contributed by atoms with Gasteiger partial charge in [-0.15, -0.1) is 0 Å². The van der Waals surface area contributed by atoms with E-state index >= 15 is 0 Å². The third-order valence-electron chi connectivity index (χ3n) is 5.05. The average Bonchev–Trinajstić information content (AvgIpc) is 3.29. The van der Waals surface area contributed by atoms with Gasteiger partial charge in [0.15, 0.2) is 11.7 Å². The normalized spacial score (nSPS) is 13.6. The third kappa shape index (κ3) is 4.66. The van der Waals surface area contributed by atoms with E-state index in [9.17, 15) is 4.79 Å². The molecular weight excluding hydrogens is 364 g/mol. The number of nitrogens with one attached hydrogen (secondary N) is 2. The Balaban J connectivity index is 1.36. The van der Waals surface area contributed by atoms with E-state index < -0.39 is 0 Å². The van der Waals surface area contributed by atoms with E-state index in [0.717, 1.165) is 24.1 Å². The van der Waals surface area contributed by atoms with Crippen LogP contribution in [0.2, 0.25) is 0 Å². The fraction of sp³-hybridized carbons (Fsp3) is 0.217. The van der Waals surface area contributed by atoms with Gasteiger partial charge in [-0.3, -0.25) is 4.79 Å². The number of guanidine groups is 1. The second-order valence-electron chi connectivity index (χ2n) is 7.11. The number of furan rings is 1. The topological polar surface area (TPSA) is 92.6 Å². The van der Waals surface area contributed by atoms with Crippen LogP contribution in [0.5, 0.6) is 0 Å². The number of rotatable bonds is 5. The summed E-state index contributed by atoms with van der Waals surface area (Å²) >= 11 is 0. The quantitative estimate of drug-likeness (QED) is 0.448. The molecule has 0 spiro atoms. The fourth-order valence-corrected chi connectivity index (χ4v) is 3.55. The molecule has 3 aromatic rings. The van der Waals surface area contributed by atoms with E-state index in [0.29, 0.717) is 18.2 Å². The zero-order valence-electron chi connectivity index (χ0n) is 16.2. The number of carbonyl (C=O) groups excluding carboxylic acids is 1. The Bertz CT molecular complexity index is 1010. The highest BCUT2D eigenvalue weighted by Gasteiger charge is 2.13. The van der Waals surface area contributed by atoms with Crippen LogP contribution in [0.15, 0.2) is 70.3 Å². The molecule has 0 saturated carbocycles. The molecule has 0 saturated heterocycles. The molecule has 0 radical (unpaired) electrons. The monoisotopic (exact) mass is 388 g/mol. The molecule has 0 aliphatic heterocycles. The zero-order chi connectivity index (χ0) is 20.1. The number of hydrogen-bond acceptors (Lipinski definition) is 3. The molecule has 148 valence electrons. The Hall–Kier alpha value is -3.54. The minimum Gasteiger partial charge on any atom is -0.459 e. The van der Waals surface area contributed by atoms with E-state index in [-0.39, 0.29) is 11.7 Å². The molecule has 0 unspecified atom stereocenters. The molecule has 0 fully saturated rings. The van der Waals surface area contributed by atoms with E-state index in [1.54, 1.807) is 12.1 Å². The first-order chi connectivity index (χ1) is 14.2. The lowest BCUT2D eigenvalue weighted by Gasteiger charge is -2.19. The van der Waals surface area contributed by atoms with Crippen LogP contribution >= 0.6 is 0 Å². The smallest absolute Gasteiger partial charge is 0.291 e. The Labute approximate surface area is 169 Å². The van der Waals surface area contributed by atoms with Gasteiger partial charge in [0.1, 0.15) is 0 Å². The number of aryl methyl sites for hydroxylation is 1. The van der Waals surface area contributed by atoms with Gasteiger partial charge < -0.3 is 20.8 Å². The minimum atomic E-state index is -0.277. The van der Waals surface area contributed by atoms with Gasteiger partial charge in [0.05, 0.1) is 12.8 Å². The number of amides is 1. The Morgan fingerprint density at radius 2 is 1.83 bits per heavy atom. The molecule has 0 atom stereocenters. The summed E-state index contributed by atoms with van der Waals surface area (Å²) in [7, 11) is 0. The molecular formula is C23H24N4O2. The first kappa shape index (κ1) is 18.8. The van der Waals surface area contributed by atoms with Crippen LogP contribution in [0, 0.1) is 0 Å². The Morgan fingerprint density at radius 3 is 2.62 bits per heavy atom. The molecule has 4 rings (SSSR count). The highest BCUT2D eigenvalue weighted by Crippen LogP contribution is 2.27. The van der Waals surface area contributed by atoms with Gasteiger partial charge in [-0.05, 0) is 72.7 Å². The predicted octanol–water partition coefficient (Wildman–Crippen LogP) is 4.34. The van der Waals surface area contributed by atoms with Crippen molar-refractivity contribution in [2.75, 3.05) is 10.6 Å². The number of hydrogen-bond donors (Lipinski definition) is 3. The number of anilines is 2. The zero-order valence-corrected chi connectivity index (χ0v) is 16.2. The summed E-state index contributed by atoms with van der Waals surface area (Å²) < 4.78 is 5.09. The molecule has 4 N–H and O–H groups in total. The number of benzene rings is 2. The summed E-state index contributed by atoms with van der Waals surface area (Å²) in [6.45, 7) is 0.459. The first-order valence-corrected chi connectivity index (χ1v) is 9.80. The van der Waals surface area contributed by atoms with Crippen molar-refractivity contribution in [1.29, 1.82) is 0 Å². The van der Waals surface area contributed by atoms with Crippen LogP contribution in [-0.4, -0.2) is 11.9 Å². The number of carbonyl (C=O) groups is 1. The lowest BCUT2D eigenvalue weighted by atomic mass is 9.90. The summed E-state index contributed by atoms with van der Waals surface area (Å²) in [4.78, 5) is 16.5. The highest BCUT2D eigenvalue weighted by atomic mass is 16.3. The molecule has 29 heavy (non-hydrogen) atoms. The van der Waals surface area contributed by atoms with Crippen molar-refractivity contribution < 1.29 is 9.21 Å². The van der Waals surface area contributed by atoms with Gasteiger partial charge >= 0.3 is 0 Å². The Morgan fingerprint density at radius 1 is 1.00 bits per heavy atom. The molecule has 6 heteroatoms. The third-order valence-corrected chi connectivity index (χ3v) is 5.05. The molecule has 1 amide bonds. The molecule has 1 aliphatic rings.